The largest absolute Gasteiger partial charge is 0.467 e. The number of hydrogen-bond donors (Lipinski definition) is 1. The number of nitrogens with zero attached hydrogens (tertiary/aromatic N) is 1. The molecule has 0 aromatic heterocycles. The van der Waals surface area contributed by atoms with E-state index in [1.54, 1.807) is 13.2 Å². The van der Waals surface area contributed by atoms with Crippen LogP contribution in [0.1, 0.15) is 32.6 Å². The van der Waals surface area contributed by atoms with Crippen molar-refractivity contribution in [1.29, 1.82) is 0 Å². The van der Waals surface area contributed by atoms with Crippen molar-refractivity contribution in [3.05, 3.63) is 64.2 Å². The Hall–Kier alpha value is -2.83. The van der Waals surface area contributed by atoms with Crippen LogP contribution in [0.4, 0.5) is 26.3 Å². The van der Waals surface area contributed by atoms with Crippen LogP contribution in [0.3, 0.4) is 0 Å². The Morgan fingerprint density at radius 3 is 2.32 bits per heavy atom. The van der Waals surface area contributed by atoms with E-state index in [0.29, 0.717) is 50.6 Å². The fraction of sp³-hybridized carbons (Fsp3) is 0.480. The zero-order valence-electron chi connectivity index (χ0n) is 20.3. The summed E-state index contributed by atoms with van der Waals surface area (Å²) >= 11 is 0. The van der Waals surface area contributed by atoms with Gasteiger partial charge in [-0.25, -0.2) is 0 Å². The fourth-order valence-electron chi connectivity index (χ4n) is 3.96. The molecule has 1 aliphatic heterocycles. The van der Waals surface area contributed by atoms with Gasteiger partial charge in [0, 0.05) is 38.3 Å². The Morgan fingerprint density at radius 2 is 1.70 bits per heavy atom. The molecule has 1 saturated heterocycles. The second kappa shape index (κ2) is 12.1. The summed E-state index contributed by atoms with van der Waals surface area (Å²) in [6.07, 6.45) is -9.76. The lowest BCUT2D eigenvalue weighted by Crippen LogP contribution is -2.54. The van der Waals surface area contributed by atoms with Crippen LogP contribution in [0.15, 0.2) is 36.4 Å². The minimum absolute atomic E-state index is 0.000330. The number of carbonyl (C=O) groups excluding carboxylic acids is 1. The molecule has 0 saturated carbocycles. The molecule has 0 bridgehead atoms. The van der Waals surface area contributed by atoms with Crippen LogP contribution in [0.5, 0.6) is 5.75 Å². The summed E-state index contributed by atoms with van der Waals surface area (Å²) in [7, 11) is 1.55. The highest BCUT2D eigenvalue weighted by Gasteiger charge is 2.38. The fourth-order valence-corrected chi connectivity index (χ4v) is 3.96. The predicted molar refractivity (Wildman–Crippen MR) is 122 cm³/mol. The molecule has 12 heteroatoms. The number of rotatable bonds is 9. The number of benzene rings is 2. The van der Waals surface area contributed by atoms with E-state index in [1.807, 2.05) is 19.1 Å². The van der Waals surface area contributed by atoms with Crippen molar-refractivity contribution in [1.82, 2.24) is 10.2 Å². The third-order valence-electron chi connectivity index (χ3n) is 5.90. The molecule has 1 N–H and O–H groups in total. The van der Waals surface area contributed by atoms with Gasteiger partial charge in [0.05, 0.1) is 24.3 Å². The SMILES string of the molecule is COCCOCOc1cc(CC2CNCCN2C(=O)c2cc(C(F)(F)F)cc(C(F)(F)F)c2)ccc1C. The second-order valence-electron chi connectivity index (χ2n) is 8.62. The molecule has 1 fully saturated rings. The van der Waals surface area contributed by atoms with Gasteiger partial charge < -0.3 is 24.4 Å². The summed E-state index contributed by atoms with van der Waals surface area (Å²) in [5, 5.41) is 3.13. The number of nitrogens with one attached hydrogen (secondary N) is 1. The number of aryl methyl sites for hydroxylation is 1. The first-order valence-corrected chi connectivity index (χ1v) is 11.5. The molecule has 0 aliphatic carbocycles. The summed E-state index contributed by atoms with van der Waals surface area (Å²) in [4.78, 5) is 14.5. The summed E-state index contributed by atoms with van der Waals surface area (Å²) in [6, 6.07) is 5.88. The Kier molecular flexibility index (Phi) is 9.43. The lowest BCUT2D eigenvalue weighted by molar-refractivity contribution is -0.143. The zero-order valence-corrected chi connectivity index (χ0v) is 20.3. The molecule has 6 nitrogen and oxygen atoms in total. The van der Waals surface area contributed by atoms with Gasteiger partial charge in [0.15, 0.2) is 6.79 Å². The van der Waals surface area contributed by atoms with Gasteiger partial charge in [-0.15, -0.1) is 0 Å². The quantitative estimate of drug-likeness (QED) is 0.288. The average Bonchev–Trinajstić information content (AvgIpc) is 2.84. The van der Waals surface area contributed by atoms with Crippen molar-refractivity contribution < 1.29 is 45.3 Å². The maximum atomic E-state index is 13.3. The van der Waals surface area contributed by atoms with E-state index in [0.717, 1.165) is 11.1 Å². The molecule has 0 radical (unpaired) electrons. The highest BCUT2D eigenvalue weighted by molar-refractivity contribution is 5.95. The number of hydrogen-bond acceptors (Lipinski definition) is 5. The van der Waals surface area contributed by atoms with Crippen LogP contribution in [0.2, 0.25) is 0 Å². The van der Waals surface area contributed by atoms with Crippen LogP contribution < -0.4 is 10.1 Å². The predicted octanol–water partition coefficient (Wildman–Crippen LogP) is 4.69. The van der Waals surface area contributed by atoms with Crippen molar-refractivity contribution in [2.24, 2.45) is 0 Å². The second-order valence-corrected chi connectivity index (χ2v) is 8.62. The number of ether oxygens (including phenoxy) is 3. The minimum atomic E-state index is -5.04. The number of alkyl halides is 6. The lowest BCUT2D eigenvalue weighted by atomic mass is 9.99. The molecule has 1 unspecified atom stereocenters. The van der Waals surface area contributed by atoms with Crippen molar-refractivity contribution in [2.75, 3.05) is 46.8 Å². The molecular formula is C25H28F6N2O4. The number of methoxy groups -OCH3 is 1. The van der Waals surface area contributed by atoms with Crippen molar-refractivity contribution in [3.63, 3.8) is 0 Å². The monoisotopic (exact) mass is 534 g/mol. The smallest absolute Gasteiger partial charge is 0.416 e. The van der Waals surface area contributed by atoms with Gasteiger partial charge in [-0.2, -0.15) is 26.3 Å². The lowest BCUT2D eigenvalue weighted by Gasteiger charge is -2.36. The van der Waals surface area contributed by atoms with Gasteiger partial charge in [0.25, 0.3) is 5.91 Å². The molecule has 0 spiro atoms. The van der Waals surface area contributed by atoms with Gasteiger partial charge in [-0.3, -0.25) is 4.79 Å². The molecule has 1 amide bonds. The van der Waals surface area contributed by atoms with Gasteiger partial charge in [0.1, 0.15) is 5.75 Å². The summed E-state index contributed by atoms with van der Waals surface area (Å²) in [5.41, 5.74) is -2.08. The Bertz CT molecular complexity index is 1040. The molecule has 1 heterocycles. The first-order chi connectivity index (χ1) is 17.4. The van der Waals surface area contributed by atoms with E-state index < -0.39 is 41.0 Å². The normalized spacial score (nSPS) is 16.6. The van der Waals surface area contributed by atoms with Crippen LogP contribution in [-0.4, -0.2) is 63.6 Å². The van der Waals surface area contributed by atoms with E-state index in [4.69, 9.17) is 14.2 Å². The van der Waals surface area contributed by atoms with Gasteiger partial charge in [-0.1, -0.05) is 12.1 Å². The maximum absolute atomic E-state index is 13.3. The summed E-state index contributed by atoms with van der Waals surface area (Å²) < 4.78 is 95.7. The molecule has 2 aromatic carbocycles. The third kappa shape index (κ3) is 7.83. The molecule has 1 atom stereocenters. The first kappa shape index (κ1) is 28.7. The first-order valence-electron chi connectivity index (χ1n) is 11.5. The van der Waals surface area contributed by atoms with E-state index in [9.17, 15) is 31.1 Å². The number of amides is 1. The van der Waals surface area contributed by atoms with Gasteiger partial charge in [0.2, 0.25) is 0 Å². The standard InChI is InChI=1S/C25H28F6N2O4/c1-16-3-4-17(10-22(16)37-15-36-8-7-35-2)9-21-14-32-5-6-33(21)23(34)18-11-19(24(26,27)28)13-20(12-18)25(29,30)31/h3-4,10-13,21,32H,5-9,14-15H2,1-2H3. The van der Waals surface area contributed by atoms with Crippen LogP contribution in [0.25, 0.3) is 0 Å². The Morgan fingerprint density at radius 1 is 1.03 bits per heavy atom. The molecule has 2 aromatic rings. The minimum Gasteiger partial charge on any atom is -0.467 e. The van der Waals surface area contributed by atoms with Crippen LogP contribution >= 0.6 is 0 Å². The van der Waals surface area contributed by atoms with Crippen LogP contribution in [-0.2, 0) is 28.2 Å². The van der Waals surface area contributed by atoms with Crippen molar-refractivity contribution in [3.8, 4) is 5.75 Å². The van der Waals surface area contributed by atoms with E-state index in [2.05, 4.69) is 5.32 Å². The zero-order chi connectivity index (χ0) is 27.2. The third-order valence-corrected chi connectivity index (χ3v) is 5.90. The number of piperazine rings is 1. The topological polar surface area (TPSA) is 60.0 Å². The highest BCUT2D eigenvalue weighted by Crippen LogP contribution is 2.36. The molecular weight excluding hydrogens is 506 g/mol. The number of carbonyl (C=O) groups is 1. The summed E-state index contributed by atoms with van der Waals surface area (Å²) in [6.45, 7) is 3.42. The number of halogens is 6. The Labute approximate surface area is 210 Å². The average molecular weight is 534 g/mol. The van der Waals surface area contributed by atoms with Gasteiger partial charge in [-0.05, 0) is 48.7 Å². The van der Waals surface area contributed by atoms with E-state index in [-0.39, 0.29) is 19.4 Å². The molecule has 37 heavy (non-hydrogen) atoms. The molecule has 1 aliphatic rings. The van der Waals surface area contributed by atoms with E-state index in [1.165, 1.54) is 4.90 Å². The highest BCUT2D eigenvalue weighted by atomic mass is 19.4. The maximum Gasteiger partial charge on any atom is 0.416 e. The Balaban J connectivity index is 1.81. The summed E-state index contributed by atoms with van der Waals surface area (Å²) in [5.74, 6) is -0.331. The molecule has 3 rings (SSSR count). The van der Waals surface area contributed by atoms with E-state index >= 15 is 0 Å². The van der Waals surface area contributed by atoms with Crippen molar-refractivity contribution in [2.45, 2.75) is 31.7 Å². The van der Waals surface area contributed by atoms with Crippen molar-refractivity contribution >= 4 is 5.91 Å². The van der Waals surface area contributed by atoms with Gasteiger partial charge >= 0.3 is 12.4 Å². The van der Waals surface area contributed by atoms with Crippen LogP contribution in [0, 0.1) is 6.92 Å². The molecule has 204 valence electrons.